The third-order valence-corrected chi connectivity index (χ3v) is 3.28. The molecule has 1 aromatic heterocycles. The van der Waals surface area contributed by atoms with E-state index in [0.29, 0.717) is 0 Å². The molecule has 1 N–H and O–H groups in total. The fourth-order valence-electron chi connectivity index (χ4n) is 2.59. The van der Waals surface area contributed by atoms with Crippen molar-refractivity contribution in [3.8, 4) is 0 Å². The molecule has 1 heterocycles. The van der Waals surface area contributed by atoms with Crippen LogP contribution >= 0.6 is 0 Å². The third-order valence-electron chi connectivity index (χ3n) is 3.28. The molecule has 3 aromatic rings. The van der Waals surface area contributed by atoms with E-state index in [2.05, 4.69) is 56.1 Å². The topological polar surface area (TPSA) is 15.8 Å². The van der Waals surface area contributed by atoms with E-state index in [4.69, 9.17) is 0 Å². The molecule has 2 aromatic carbocycles. The highest BCUT2D eigenvalue weighted by Crippen LogP contribution is 2.30. The van der Waals surface area contributed by atoms with E-state index in [1.165, 1.54) is 38.5 Å². The standard InChI is InChI=1S/C15H15N/c1-9-7-11(3)15-12(8-9)14-10(2)5-4-6-13(14)16-15/h4-8,16H,1-3H3. The Labute approximate surface area is 95.1 Å². The maximum absolute atomic E-state index is 3.51. The number of hydrogen-bond donors (Lipinski definition) is 1. The lowest BCUT2D eigenvalue weighted by atomic mass is 10.0. The van der Waals surface area contributed by atoms with Crippen molar-refractivity contribution in [3.63, 3.8) is 0 Å². The average Bonchev–Trinajstić information content (AvgIpc) is 2.58. The van der Waals surface area contributed by atoms with Gasteiger partial charge in [-0.1, -0.05) is 23.8 Å². The Hall–Kier alpha value is -1.76. The van der Waals surface area contributed by atoms with Gasteiger partial charge in [-0.25, -0.2) is 0 Å². The van der Waals surface area contributed by atoms with Crippen LogP contribution in [0.1, 0.15) is 16.7 Å². The molecule has 0 fully saturated rings. The van der Waals surface area contributed by atoms with E-state index in [1.54, 1.807) is 0 Å². The molecule has 80 valence electrons. The molecular formula is C15H15N. The highest BCUT2D eigenvalue weighted by molar-refractivity contribution is 6.09. The van der Waals surface area contributed by atoms with Gasteiger partial charge in [0.1, 0.15) is 0 Å². The molecule has 0 aliphatic carbocycles. The first-order valence-corrected chi connectivity index (χ1v) is 5.65. The number of H-pyrrole nitrogens is 1. The fraction of sp³-hybridized carbons (Fsp3) is 0.200. The first-order chi connectivity index (χ1) is 7.66. The molecule has 0 aliphatic heterocycles. The Bertz CT molecular complexity index is 689. The lowest BCUT2D eigenvalue weighted by Crippen LogP contribution is -1.79. The summed E-state index contributed by atoms with van der Waals surface area (Å²) in [7, 11) is 0. The molecule has 0 atom stereocenters. The summed E-state index contributed by atoms with van der Waals surface area (Å²) in [5, 5.41) is 2.72. The van der Waals surface area contributed by atoms with Crippen LogP contribution in [0.15, 0.2) is 30.3 Å². The molecule has 0 unspecified atom stereocenters. The van der Waals surface area contributed by atoms with Crippen molar-refractivity contribution in [3.05, 3.63) is 47.0 Å². The number of nitrogens with one attached hydrogen (secondary N) is 1. The summed E-state index contributed by atoms with van der Waals surface area (Å²) in [6.07, 6.45) is 0. The number of aryl methyl sites for hydroxylation is 3. The third kappa shape index (κ3) is 1.18. The minimum Gasteiger partial charge on any atom is -0.354 e. The van der Waals surface area contributed by atoms with Gasteiger partial charge < -0.3 is 4.98 Å². The second-order valence-electron chi connectivity index (χ2n) is 4.63. The maximum Gasteiger partial charge on any atom is 0.0494 e. The van der Waals surface area contributed by atoms with Gasteiger partial charge in [-0.15, -0.1) is 0 Å². The Morgan fingerprint density at radius 3 is 2.56 bits per heavy atom. The van der Waals surface area contributed by atoms with Gasteiger partial charge in [0, 0.05) is 21.8 Å². The van der Waals surface area contributed by atoms with Crippen LogP contribution in [-0.2, 0) is 0 Å². The lowest BCUT2D eigenvalue weighted by Gasteiger charge is -2.00. The van der Waals surface area contributed by atoms with Crippen LogP contribution in [0.2, 0.25) is 0 Å². The van der Waals surface area contributed by atoms with Crippen LogP contribution in [0.4, 0.5) is 0 Å². The van der Waals surface area contributed by atoms with E-state index < -0.39 is 0 Å². The first kappa shape index (κ1) is 9.46. The highest BCUT2D eigenvalue weighted by Gasteiger charge is 2.08. The normalized spacial score (nSPS) is 11.4. The number of aromatic nitrogens is 1. The van der Waals surface area contributed by atoms with Gasteiger partial charge in [-0.2, -0.15) is 0 Å². The molecule has 0 amide bonds. The molecule has 0 saturated heterocycles. The summed E-state index contributed by atoms with van der Waals surface area (Å²) >= 11 is 0. The number of aromatic amines is 1. The number of benzene rings is 2. The van der Waals surface area contributed by atoms with E-state index in [-0.39, 0.29) is 0 Å². The SMILES string of the molecule is Cc1cc(C)c2[nH]c3cccc(C)c3c2c1. The summed E-state index contributed by atoms with van der Waals surface area (Å²) in [6.45, 7) is 6.50. The van der Waals surface area contributed by atoms with Crippen molar-refractivity contribution in [2.24, 2.45) is 0 Å². The van der Waals surface area contributed by atoms with Gasteiger partial charge >= 0.3 is 0 Å². The van der Waals surface area contributed by atoms with E-state index >= 15 is 0 Å². The number of hydrogen-bond acceptors (Lipinski definition) is 0. The molecule has 1 heteroatoms. The van der Waals surface area contributed by atoms with Crippen molar-refractivity contribution >= 4 is 21.8 Å². The smallest absolute Gasteiger partial charge is 0.0494 e. The van der Waals surface area contributed by atoms with Gasteiger partial charge in [0.2, 0.25) is 0 Å². The zero-order chi connectivity index (χ0) is 11.3. The van der Waals surface area contributed by atoms with Gasteiger partial charge in [0.15, 0.2) is 0 Å². The van der Waals surface area contributed by atoms with E-state index in [9.17, 15) is 0 Å². The number of rotatable bonds is 0. The van der Waals surface area contributed by atoms with Crippen molar-refractivity contribution in [2.45, 2.75) is 20.8 Å². The van der Waals surface area contributed by atoms with Crippen LogP contribution in [-0.4, -0.2) is 4.98 Å². The Morgan fingerprint density at radius 2 is 1.75 bits per heavy atom. The van der Waals surface area contributed by atoms with Crippen molar-refractivity contribution in [1.29, 1.82) is 0 Å². The molecule has 0 saturated carbocycles. The predicted molar refractivity (Wildman–Crippen MR) is 70.0 cm³/mol. The summed E-state index contributed by atoms with van der Waals surface area (Å²) in [6, 6.07) is 10.9. The minimum absolute atomic E-state index is 1.24. The molecule has 0 aliphatic rings. The monoisotopic (exact) mass is 209 g/mol. The molecule has 0 radical (unpaired) electrons. The zero-order valence-corrected chi connectivity index (χ0v) is 9.89. The summed E-state index contributed by atoms with van der Waals surface area (Å²) < 4.78 is 0. The van der Waals surface area contributed by atoms with E-state index in [0.717, 1.165) is 0 Å². The predicted octanol–water partition coefficient (Wildman–Crippen LogP) is 4.25. The maximum atomic E-state index is 3.51. The lowest BCUT2D eigenvalue weighted by molar-refractivity contribution is 1.40. The summed E-state index contributed by atoms with van der Waals surface area (Å²) in [5.74, 6) is 0. The zero-order valence-electron chi connectivity index (χ0n) is 9.89. The fourth-order valence-corrected chi connectivity index (χ4v) is 2.59. The van der Waals surface area contributed by atoms with Crippen LogP contribution < -0.4 is 0 Å². The first-order valence-electron chi connectivity index (χ1n) is 5.65. The quantitative estimate of drug-likeness (QED) is 0.569. The minimum atomic E-state index is 1.24. The molecule has 0 bridgehead atoms. The Morgan fingerprint density at radius 1 is 0.938 bits per heavy atom. The average molecular weight is 209 g/mol. The van der Waals surface area contributed by atoms with Crippen LogP contribution in [0.5, 0.6) is 0 Å². The van der Waals surface area contributed by atoms with Gasteiger partial charge in [0.25, 0.3) is 0 Å². The van der Waals surface area contributed by atoms with Gasteiger partial charge in [-0.3, -0.25) is 0 Å². The summed E-state index contributed by atoms with van der Waals surface area (Å²) in [4.78, 5) is 3.51. The highest BCUT2D eigenvalue weighted by atomic mass is 14.7. The van der Waals surface area contributed by atoms with Crippen LogP contribution in [0.25, 0.3) is 21.8 Å². The largest absolute Gasteiger partial charge is 0.354 e. The van der Waals surface area contributed by atoms with Crippen LogP contribution in [0, 0.1) is 20.8 Å². The second kappa shape index (κ2) is 3.11. The Balaban J connectivity index is 2.63. The van der Waals surface area contributed by atoms with Crippen molar-refractivity contribution in [1.82, 2.24) is 4.98 Å². The van der Waals surface area contributed by atoms with Gasteiger partial charge in [0.05, 0.1) is 0 Å². The molecular weight excluding hydrogens is 194 g/mol. The molecule has 16 heavy (non-hydrogen) atoms. The number of fused-ring (bicyclic) bond motifs is 3. The Kier molecular flexibility index (Phi) is 1.84. The second-order valence-corrected chi connectivity index (χ2v) is 4.63. The van der Waals surface area contributed by atoms with E-state index in [1.807, 2.05) is 0 Å². The van der Waals surface area contributed by atoms with Crippen molar-refractivity contribution < 1.29 is 0 Å². The van der Waals surface area contributed by atoms with Crippen LogP contribution in [0.3, 0.4) is 0 Å². The molecule has 0 spiro atoms. The van der Waals surface area contributed by atoms with Crippen molar-refractivity contribution in [2.75, 3.05) is 0 Å². The van der Waals surface area contributed by atoms with Gasteiger partial charge in [-0.05, 0) is 44.0 Å². The summed E-state index contributed by atoms with van der Waals surface area (Å²) in [5.41, 5.74) is 6.51. The molecule has 3 rings (SSSR count). The molecule has 1 nitrogen and oxygen atoms in total.